The van der Waals surface area contributed by atoms with Crippen LogP contribution in [-0.4, -0.2) is 22.9 Å². The van der Waals surface area contributed by atoms with Crippen molar-refractivity contribution in [2.75, 3.05) is 0 Å². The minimum absolute atomic E-state index is 0.0383. The highest BCUT2D eigenvalue weighted by Gasteiger charge is 2.26. The molecule has 0 spiro atoms. The van der Waals surface area contributed by atoms with E-state index in [4.69, 9.17) is 10.7 Å². The number of benzene rings is 1. The van der Waals surface area contributed by atoms with E-state index in [1.54, 1.807) is 0 Å². The van der Waals surface area contributed by atoms with Crippen LogP contribution >= 0.6 is 10.7 Å². The Morgan fingerprint density at radius 3 is 2.00 bits per heavy atom. The first kappa shape index (κ1) is 16.7. The van der Waals surface area contributed by atoms with Gasteiger partial charge in [-0.2, -0.15) is 0 Å². The van der Waals surface area contributed by atoms with Crippen molar-refractivity contribution in [2.24, 2.45) is 5.92 Å². The summed E-state index contributed by atoms with van der Waals surface area (Å²) in [6.07, 6.45) is 4.35. The number of halogens is 1. The zero-order chi connectivity index (χ0) is 15.7. The molecule has 0 radical (unpaired) electrons. The SMILES string of the molecule is CC(NS(=O)(=O)c1ccc(S(=O)(=O)Cl)cc1)C1CCCC1. The van der Waals surface area contributed by atoms with Gasteiger partial charge in [0.25, 0.3) is 9.05 Å². The Morgan fingerprint density at radius 1 is 1.05 bits per heavy atom. The van der Waals surface area contributed by atoms with Crippen LogP contribution in [0.4, 0.5) is 0 Å². The standard InChI is InChI=1S/C13H18ClNO4S2/c1-10(11-4-2-3-5-11)15-21(18,19)13-8-6-12(7-9-13)20(14,16)17/h6-11,15H,2-5H2,1H3. The fourth-order valence-electron chi connectivity index (χ4n) is 2.65. The van der Waals surface area contributed by atoms with Gasteiger partial charge in [-0.05, 0) is 49.9 Å². The van der Waals surface area contributed by atoms with E-state index in [0.717, 1.165) is 25.7 Å². The first-order valence-corrected chi connectivity index (χ1v) is 10.6. The smallest absolute Gasteiger partial charge is 0.208 e. The van der Waals surface area contributed by atoms with Crippen LogP contribution < -0.4 is 4.72 Å². The average molecular weight is 352 g/mol. The molecule has 0 heterocycles. The summed E-state index contributed by atoms with van der Waals surface area (Å²) in [5.74, 6) is 0.363. The maximum Gasteiger partial charge on any atom is 0.261 e. The number of nitrogens with one attached hydrogen (secondary N) is 1. The van der Waals surface area contributed by atoms with Gasteiger partial charge in [-0.1, -0.05) is 12.8 Å². The molecule has 1 aliphatic rings. The Morgan fingerprint density at radius 2 is 1.52 bits per heavy atom. The van der Waals surface area contributed by atoms with Crippen molar-refractivity contribution in [1.82, 2.24) is 4.72 Å². The second kappa shape index (κ2) is 6.24. The van der Waals surface area contributed by atoms with Gasteiger partial charge < -0.3 is 0 Å². The summed E-state index contributed by atoms with van der Waals surface area (Å²) in [5.41, 5.74) is 0. The molecule has 1 fully saturated rings. The van der Waals surface area contributed by atoms with Gasteiger partial charge in [0.05, 0.1) is 9.79 Å². The van der Waals surface area contributed by atoms with Crippen molar-refractivity contribution in [1.29, 1.82) is 0 Å². The molecule has 5 nitrogen and oxygen atoms in total. The van der Waals surface area contributed by atoms with Crippen LogP contribution in [0.1, 0.15) is 32.6 Å². The van der Waals surface area contributed by atoms with Gasteiger partial charge in [0, 0.05) is 16.7 Å². The quantitative estimate of drug-likeness (QED) is 0.826. The van der Waals surface area contributed by atoms with Crippen molar-refractivity contribution in [3.05, 3.63) is 24.3 Å². The summed E-state index contributed by atoms with van der Waals surface area (Å²) in [5, 5.41) is 0. The largest absolute Gasteiger partial charge is 0.261 e. The van der Waals surface area contributed by atoms with Gasteiger partial charge in [0.15, 0.2) is 0 Å². The minimum Gasteiger partial charge on any atom is -0.208 e. The predicted octanol–water partition coefficient (Wildman–Crippen LogP) is 2.47. The molecular formula is C13H18ClNO4S2. The number of hydrogen-bond acceptors (Lipinski definition) is 4. The highest BCUT2D eigenvalue weighted by atomic mass is 35.7. The summed E-state index contributed by atoms with van der Waals surface area (Å²) in [7, 11) is -2.29. The molecule has 0 aliphatic heterocycles. The van der Waals surface area contributed by atoms with Gasteiger partial charge in [0.2, 0.25) is 10.0 Å². The number of hydrogen-bond donors (Lipinski definition) is 1. The molecule has 0 saturated heterocycles. The average Bonchev–Trinajstić information content (AvgIpc) is 2.91. The third kappa shape index (κ3) is 4.18. The van der Waals surface area contributed by atoms with Gasteiger partial charge in [-0.3, -0.25) is 0 Å². The maximum atomic E-state index is 12.3. The van der Waals surface area contributed by atoms with Gasteiger partial charge >= 0.3 is 0 Å². The van der Waals surface area contributed by atoms with E-state index < -0.39 is 19.1 Å². The number of sulfonamides is 1. The van der Waals surface area contributed by atoms with E-state index in [1.165, 1.54) is 24.3 Å². The Hall–Kier alpha value is -0.630. The van der Waals surface area contributed by atoms with E-state index in [0.29, 0.717) is 5.92 Å². The maximum absolute atomic E-state index is 12.3. The van der Waals surface area contributed by atoms with Crippen molar-refractivity contribution < 1.29 is 16.8 Å². The second-order valence-electron chi connectivity index (χ2n) is 5.36. The van der Waals surface area contributed by atoms with E-state index in [1.807, 2.05) is 6.92 Å². The summed E-state index contributed by atoms with van der Waals surface area (Å²) >= 11 is 0. The second-order valence-corrected chi connectivity index (χ2v) is 9.64. The van der Waals surface area contributed by atoms with Crippen molar-refractivity contribution in [2.45, 2.75) is 48.4 Å². The molecule has 1 unspecified atom stereocenters. The van der Waals surface area contributed by atoms with Crippen LogP contribution in [0.2, 0.25) is 0 Å². The number of rotatable bonds is 5. The highest BCUT2D eigenvalue weighted by Crippen LogP contribution is 2.28. The molecule has 0 amide bonds. The van der Waals surface area contributed by atoms with E-state index in [-0.39, 0.29) is 15.8 Å². The fourth-order valence-corrected chi connectivity index (χ4v) is 4.73. The molecule has 1 atom stereocenters. The van der Waals surface area contributed by atoms with Crippen molar-refractivity contribution >= 4 is 29.8 Å². The molecule has 1 aromatic carbocycles. The molecule has 1 aliphatic carbocycles. The topological polar surface area (TPSA) is 80.3 Å². The van der Waals surface area contributed by atoms with E-state index in [9.17, 15) is 16.8 Å². The minimum atomic E-state index is -3.84. The van der Waals surface area contributed by atoms with Gasteiger partial charge in [0.1, 0.15) is 0 Å². The monoisotopic (exact) mass is 351 g/mol. The lowest BCUT2D eigenvalue weighted by Gasteiger charge is -2.20. The van der Waals surface area contributed by atoms with Crippen LogP contribution in [0, 0.1) is 5.92 Å². The van der Waals surface area contributed by atoms with Crippen LogP contribution in [-0.2, 0) is 19.1 Å². The molecule has 2 rings (SSSR count). The van der Waals surface area contributed by atoms with E-state index in [2.05, 4.69) is 4.72 Å². The summed E-state index contributed by atoms with van der Waals surface area (Å²) < 4.78 is 49.5. The molecule has 8 heteroatoms. The Labute approximate surface area is 130 Å². The first-order chi connectivity index (χ1) is 9.70. The Bertz CT molecular complexity index is 692. The predicted molar refractivity (Wildman–Crippen MR) is 81.2 cm³/mol. The molecule has 1 aromatic rings. The molecular weight excluding hydrogens is 334 g/mol. The third-order valence-corrected chi connectivity index (χ3v) is 6.81. The molecule has 118 valence electrons. The van der Waals surface area contributed by atoms with Crippen LogP contribution in [0.15, 0.2) is 34.1 Å². The summed E-state index contributed by atoms with van der Waals surface area (Å²) in [6, 6.07) is 4.75. The fraction of sp³-hybridized carbons (Fsp3) is 0.538. The lowest BCUT2D eigenvalue weighted by molar-refractivity contribution is 0.424. The lowest BCUT2D eigenvalue weighted by Crippen LogP contribution is -2.37. The van der Waals surface area contributed by atoms with E-state index >= 15 is 0 Å². The molecule has 0 aromatic heterocycles. The van der Waals surface area contributed by atoms with Crippen LogP contribution in [0.25, 0.3) is 0 Å². The third-order valence-electron chi connectivity index (χ3n) is 3.86. The molecule has 0 bridgehead atoms. The summed E-state index contributed by atoms with van der Waals surface area (Å²) in [6.45, 7) is 1.87. The Balaban J connectivity index is 2.15. The normalized spacial score (nSPS) is 18.8. The molecule has 1 saturated carbocycles. The summed E-state index contributed by atoms with van der Waals surface area (Å²) in [4.78, 5) is -0.0802. The van der Waals surface area contributed by atoms with Gasteiger partial charge in [-0.15, -0.1) is 0 Å². The van der Waals surface area contributed by atoms with Crippen molar-refractivity contribution in [3.63, 3.8) is 0 Å². The first-order valence-electron chi connectivity index (χ1n) is 6.77. The van der Waals surface area contributed by atoms with Crippen LogP contribution in [0.3, 0.4) is 0 Å². The molecule has 1 N–H and O–H groups in total. The van der Waals surface area contributed by atoms with Gasteiger partial charge in [-0.25, -0.2) is 21.6 Å². The molecule has 21 heavy (non-hydrogen) atoms. The highest BCUT2D eigenvalue weighted by molar-refractivity contribution is 8.13. The zero-order valence-corrected chi connectivity index (χ0v) is 14.0. The Kier molecular flexibility index (Phi) is 4.97. The lowest BCUT2D eigenvalue weighted by atomic mass is 10.0. The van der Waals surface area contributed by atoms with Crippen molar-refractivity contribution in [3.8, 4) is 0 Å². The zero-order valence-electron chi connectivity index (χ0n) is 11.6. The van der Waals surface area contributed by atoms with Crippen LogP contribution in [0.5, 0.6) is 0 Å².